The number of rotatable bonds is 11. The average Bonchev–Trinajstić information content (AvgIpc) is 3.43. The van der Waals surface area contributed by atoms with E-state index in [0.29, 0.717) is 28.7 Å². The third-order valence-corrected chi connectivity index (χ3v) is 7.42. The number of amides is 1. The van der Waals surface area contributed by atoms with E-state index in [4.69, 9.17) is 0 Å². The van der Waals surface area contributed by atoms with E-state index in [1.807, 2.05) is 12.1 Å². The van der Waals surface area contributed by atoms with Crippen molar-refractivity contribution in [3.8, 4) is 0 Å². The van der Waals surface area contributed by atoms with Gasteiger partial charge in [0.05, 0.1) is 18.1 Å². The summed E-state index contributed by atoms with van der Waals surface area (Å²) in [5, 5.41) is 34.3. The highest BCUT2D eigenvalue weighted by Gasteiger charge is 2.48. The normalized spacial score (nSPS) is 21.7. The third-order valence-electron chi connectivity index (χ3n) is 6.36. The zero-order chi connectivity index (χ0) is 25.7. The lowest BCUT2D eigenvalue weighted by Crippen LogP contribution is -2.39. The summed E-state index contributed by atoms with van der Waals surface area (Å²) < 4.78 is 1.54. The summed E-state index contributed by atoms with van der Waals surface area (Å²) in [7, 11) is 1.69. The predicted octanol–water partition coefficient (Wildman–Crippen LogP) is 2.27. The first kappa shape index (κ1) is 26.2. The van der Waals surface area contributed by atoms with Gasteiger partial charge in [0.25, 0.3) is 0 Å². The zero-order valence-electron chi connectivity index (χ0n) is 20.9. The van der Waals surface area contributed by atoms with Gasteiger partial charge >= 0.3 is 0 Å². The molecule has 12 heteroatoms. The van der Waals surface area contributed by atoms with Crippen LogP contribution in [0.5, 0.6) is 0 Å². The second-order valence-electron chi connectivity index (χ2n) is 9.14. The molecule has 1 aliphatic carbocycles. The summed E-state index contributed by atoms with van der Waals surface area (Å²) in [4.78, 5) is 28.2. The number of thioether (sulfide) groups is 1. The molecule has 1 amide bonds. The fourth-order valence-corrected chi connectivity index (χ4v) is 5.11. The number of aromatic nitrogens is 6. The van der Waals surface area contributed by atoms with Crippen molar-refractivity contribution >= 4 is 34.7 Å². The minimum Gasteiger partial charge on any atom is -0.390 e. The van der Waals surface area contributed by atoms with Crippen LogP contribution in [0.4, 0.5) is 5.82 Å². The number of carbonyl (C=O) groups is 1. The molecule has 36 heavy (non-hydrogen) atoms. The molecule has 3 aromatic heterocycles. The van der Waals surface area contributed by atoms with Crippen molar-refractivity contribution in [3.05, 3.63) is 30.1 Å². The van der Waals surface area contributed by atoms with Gasteiger partial charge in [-0.05, 0) is 30.9 Å². The van der Waals surface area contributed by atoms with E-state index < -0.39 is 24.2 Å². The van der Waals surface area contributed by atoms with Crippen molar-refractivity contribution in [2.75, 3.05) is 24.7 Å². The molecule has 1 fully saturated rings. The molecule has 1 aliphatic rings. The van der Waals surface area contributed by atoms with E-state index >= 15 is 0 Å². The highest BCUT2D eigenvalue weighted by molar-refractivity contribution is 7.99. The fourth-order valence-electron chi connectivity index (χ4n) is 4.42. The molecule has 0 aromatic carbocycles. The number of anilines is 1. The molecule has 0 bridgehead atoms. The number of hydrogen-bond acceptors (Lipinski definition) is 10. The first-order valence-corrected chi connectivity index (χ1v) is 13.4. The smallest absolute Gasteiger partial charge is 0.228 e. The minimum absolute atomic E-state index is 0.219. The van der Waals surface area contributed by atoms with Crippen LogP contribution < -0.4 is 5.32 Å². The minimum atomic E-state index is -1.23. The molecule has 4 rings (SSSR count). The Kier molecular flexibility index (Phi) is 8.70. The summed E-state index contributed by atoms with van der Waals surface area (Å²) in [6, 6.07) is 3.06. The monoisotopic (exact) mass is 514 g/mol. The molecule has 1 saturated carbocycles. The Labute approximate surface area is 214 Å². The molecule has 194 valence electrons. The van der Waals surface area contributed by atoms with Crippen molar-refractivity contribution in [2.45, 2.75) is 69.5 Å². The predicted molar refractivity (Wildman–Crippen MR) is 137 cm³/mol. The lowest BCUT2D eigenvalue weighted by Gasteiger charge is -2.23. The van der Waals surface area contributed by atoms with E-state index in [9.17, 15) is 15.0 Å². The van der Waals surface area contributed by atoms with E-state index in [0.717, 1.165) is 37.1 Å². The maximum Gasteiger partial charge on any atom is 0.228 e. The maximum atomic E-state index is 13.2. The van der Waals surface area contributed by atoms with Crippen molar-refractivity contribution in [3.63, 3.8) is 0 Å². The van der Waals surface area contributed by atoms with E-state index in [1.165, 1.54) is 0 Å². The molecule has 0 saturated heterocycles. The number of pyridine rings is 1. The first-order valence-electron chi connectivity index (χ1n) is 12.4. The first-order chi connectivity index (χ1) is 17.4. The number of nitrogens with one attached hydrogen (secondary N) is 1. The largest absolute Gasteiger partial charge is 0.390 e. The van der Waals surface area contributed by atoms with Crippen LogP contribution in [0.3, 0.4) is 0 Å². The second-order valence-corrected chi connectivity index (χ2v) is 10.2. The van der Waals surface area contributed by atoms with Gasteiger partial charge in [0, 0.05) is 38.3 Å². The van der Waals surface area contributed by atoms with Gasteiger partial charge in [-0.3, -0.25) is 9.78 Å². The Morgan fingerprint density at radius 2 is 2.08 bits per heavy atom. The van der Waals surface area contributed by atoms with Crippen LogP contribution in [0, 0.1) is 5.92 Å². The Hall–Kier alpha value is -2.83. The van der Waals surface area contributed by atoms with Gasteiger partial charge in [-0.25, -0.2) is 14.6 Å². The Balaban J connectivity index is 1.59. The molecule has 3 N–H and O–H groups in total. The number of aliphatic hydroxyl groups is 2. The quantitative estimate of drug-likeness (QED) is 0.198. The number of carbonyl (C=O) groups excluding carboxylic acids is 1. The fraction of sp³-hybridized carbons (Fsp3) is 0.583. The number of fused-ring (bicyclic) bond motifs is 1. The molecule has 0 aliphatic heterocycles. The highest BCUT2D eigenvalue weighted by Crippen LogP contribution is 2.38. The lowest BCUT2D eigenvalue weighted by molar-refractivity contribution is -0.138. The van der Waals surface area contributed by atoms with Crippen molar-refractivity contribution < 1.29 is 15.0 Å². The number of hydrogen-bond donors (Lipinski definition) is 3. The van der Waals surface area contributed by atoms with Crippen LogP contribution in [0.2, 0.25) is 0 Å². The Bertz CT molecular complexity index is 1160. The molecule has 11 nitrogen and oxygen atoms in total. The van der Waals surface area contributed by atoms with Gasteiger partial charge in [-0.1, -0.05) is 43.3 Å². The van der Waals surface area contributed by atoms with Gasteiger partial charge in [0.1, 0.15) is 6.10 Å². The van der Waals surface area contributed by atoms with Gasteiger partial charge in [-0.2, -0.15) is 0 Å². The lowest BCUT2D eigenvalue weighted by atomic mass is 10.0. The molecule has 4 atom stereocenters. The maximum absolute atomic E-state index is 13.2. The average molecular weight is 515 g/mol. The molecular formula is C24H34N8O3S. The SMILES string of the molecule is CCCCNc1nc(SCCC)nc2c1nnn2C1C[C@H](C(=O)N(C)Cc2cccnc2)C(O)C1O. The molecule has 3 heterocycles. The summed E-state index contributed by atoms with van der Waals surface area (Å²) in [6.45, 7) is 5.32. The Morgan fingerprint density at radius 3 is 2.81 bits per heavy atom. The van der Waals surface area contributed by atoms with Crippen LogP contribution in [0.1, 0.15) is 51.1 Å². The van der Waals surface area contributed by atoms with E-state index in [2.05, 4.69) is 44.4 Å². The van der Waals surface area contributed by atoms with Gasteiger partial charge in [0.15, 0.2) is 22.1 Å². The highest BCUT2D eigenvalue weighted by atomic mass is 32.2. The van der Waals surface area contributed by atoms with Gasteiger partial charge in [-0.15, -0.1) is 5.10 Å². The van der Waals surface area contributed by atoms with Crippen LogP contribution >= 0.6 is 11.8 Å². The van der Waals surface area contributed by atoms with Crippen LogP contribution in [-0.4, -0.2) is 82.5 Å². The standard InChI is InChI=1S/C24H34N8O3S/c1-4-6-10-26-21-18-22(28-24(27-21)36-11-5-2)32(30-29-18)17-12-16(19(33)20(17)34)23(35)31(3)14-15-8-7-9-25-13-15/h7-9,13,16-17,19-20,33-34H,4-6,10-12,14H2,1-3H3,(H,26,27,28)/t16-,17?,19?,20?/m0/s1. The van der Waals surface area contributed by atoms with Gasteiger partial charge in [0.2, 0.25) is 5.91 Å². The summed E-state index contributed by atoms with van der Waals surface area (Å²) >= 11 is 1.55. The summed E-state index contributed by atoms with van der Waals surface area (Å²) in [6.07, 6.45) is 4.20. The number of aliphatic hydroxyl groups excluding tert-OH is 2. The van der Waals surface area contributed by atoms with Crippen LogP contribution in [-0.2, 0) is 11.3 Å². The topological polar surface area (TPSA) is 142 Å². The third kappa shape index (κ3) is 5.60. The van der Waals surface area contributed by atoms with Gasteiger partial charge < -0.3 is 20.4 Å². The van der Waals surface area contributed by atoms with E-state index in [-0.39, 0.29) is 12.3 Å². The summed E-state index contributed by atoms with van der Waals surface area (Å²) in [5.41, 5.74) is 1.88. The molecule has 0 spiro atoms. The van der Waals surface area contributed by atoms with Crippen molar-refractivity contribution in [2.24, 2.45) is 5.92 Å². The molecule has 3 aromatic rings. The number of nitrogens with zero attached hydrogens (tertiary/aromatic N) is 7. The van der Waals surface area contributed by atoms with Crippen molar-refractivity contribution in [1.29, 1.82) is 0 Å². The Morgan fingerprint density at radius 1 is 1.25 bits per heavy atom. The van der Waals surface area contributed by atoms with Crippen LogP contribution in [0.25, 0.3) is 11.2 Å². The second kappa shape index (κ2) is 11.9. The van der Waals surface area contributed by atoms with Crippen molar-refractivity contribution in [1.82, 2.24) is 34.8 Å². The zero-order valence-corrected chi connectivity index (χ0v) is 21.7. The van der Waals surface area contributed by atoms with Crippen LogP contribution in [0.15, 0.2) is 29.7 Å². The molecule has 3 unspecified atom stereocenters. The van der Waals surface area contributed by atoms with E-state index in [1.54, 1.807) is 40.8 Å². The molecular weight excluding hydrogens is 480 g/mol. The number of unbranched alkanes of at least 4 members (excludes halogenated alkanes) is 1. The summed E-state index contributed by atoms with van der Waals surface area (Å²) in [5.74, 6) is 0.457. The molecule has 0 radical (unpaired) electrons.